The molecule has 1 fully saturated rings. The lowest BCUT2D eigenvalue weighted by Gasteiger charge is -2.45. The first-order valence-electron chi connectivity index (χ1n) is 7.55. The second-order valence-electron chi connectivity index (χ2n) is 6.82. The summed E-state index contributed by atoms with van der Waals surface area (Å²) in [5.41, 5.74) is 0.00255. The summed E-state index contributed by atoms with van der Waals surface area (Å²) in [6.07, 6.45) is 2.47. The van der Waals surface area contributed by atoms with E-state index in [1.807, 2.05) is 39.5 Å². The summed E-state index contributed by atoms with van der Waals surface area (Å²) >= 11 is 0. The van der Waals surface area contributed by atoms with Crippen molar-refractivity contribution in [2.24, 2.45) is 0 Å². The van der Waals surface area contributed by atoms with Gasteiger partial charge in [-0.1, -0.05) is 0 Å². The number of rotatable bonds is 1. The van der Waals surface area contributed by atoms with Gasteiger partial charge in [-0.25, -0.2) is 9.18 Å². The topological polar surface area (TPSA) is 45.7 Å². The van der Waals surface area contributed by atoms with Crippen LogP contribution in [0.5, 0.6) is 0 Å². The second kappa shape index (κ2) is 6.10. The fraction of sp³-hybridized carbons (Fsp3) is 0.625. The van der Waals surface area contributed by atoms with Gasteiger partial charge in [0.1, 0.15) is 5.60 Å². The van der Waals surface area contributed by atoms with Gasteiger partial charge in [-0.15, -0.1) is 0 Å². The van der Waals surface area contributed by atoms with Gasteiger partial charge >= 0.3 is 6.09 Å². The van der Waals surface area contributed by atoms with Crippen molar-refractivity contribution in [3.05, 3.63) is 24.3 Å². The Morgan fingerprint density at radius 1 is 1.32 bits per heavy atom. The third-order valence-corrected chi connectivity index (χ3v) is 3.62. The van der Waals surface area contributed by atoms with Gasteiger partial charge in [0.15, 0.2) is 5.82 Å². The monoisotopic (exact) mass is 309 g/mol. The number of carbonyl (C=O) groups is 1. The highest BCUT2D eigenvalue weighted by molar-refractivity contribution is 5.69. The van der Waals surface area contributed by atoms with E-state index in [2.05, 4.69) is 4.98 Å². The zero-order valence-electron chi connectivity index (χ0n) is 13.8. The smallest absolute Gasteiger partial charge is 0.410 e. The first-order chi connectivity index (χ1) is 10.2. The first-order valence-corrected chi connectivity index (χ1v) is 7.55. The van der Waals surface area contributed by atoms with E-state index in [0.29, 0.717) is 18.8 Å². The van der Waals surface area contributed by atoms with E-state index in [1.165, 1.54) is 6.20 Å². The molecule has 6 heteroatoms. The van der Waals surface area contributed by atoms with Crippen molar-refractivity contribution < 1.29 is 13.9 Å². The molecule has 1 aromatic rings. The van der Waals surface area contributed by atoms with Gasteiger partial charge in [0.2, 0.25) is 0 Å². The molecular weight excluding hydrogens is 285 g/mol. The largest absolute Gasteiger partial charge is 0.444 e. The van der Waals surface area contributed by atoms with Crippen LogP contribution in [-0.4, -0.2) is 46.8 Å². The van der Waals surface area contributed by atoms with Crippen LogP contribution in [0.3, 0.4) is 0 Å². The molecule has 0 aromatic carbocycles. The number of hydrogen-bond donors (Lipinski definition) is 0. The highest BCUT2D eigenvalue weighted by atomic mass is 19.1. The number of hydrogen-bond acceptors (Lipinski definition) is 4. The molecule has 1 aliphatic heterocycles. The molecule has 0 saturated carbocycles. The molecule has 122 valence electrons. The Bertz CT molecular complexity index is 532. The third kappa shape index (κ3) is 3.67. The van der Waals surface area contributed by atoms with Crippen molar-refractivity contribution >= 4 is 11.8 Å². The number of carbonyl (C=O) groups excluding carboxylic acids is 1. The highest BCUT2D eigenvalue weighted by Crippen LogP contribution is 2.25. The Kier molecular flexibility index (Phi) is 4.58. The van der Waals surface area contributed by atoms with Gasteiger partial charge in [-0.05, 0) is 40.7 Å². The maximum Gasteiger partial charge on any atom is 0.410 e. The molecule has 1 aliphatic rings. The number of amides is 1. The Balaban J connectivity index is 2.12. The predicted molar refractivity (Wildman–Crippen MR) is 83.4 cm³/mol. The standard InChI is InChI=1S/C16H24FN3O2/c1-11-9-19(14-6-7-18-8-13(14)17)10-12(2)20(11)15(21)22-16(3,4)5/h6-8,11-12H,9-10H2,1-5H3/t11-,12-/m1/s1. The van der Waals surface area contributed by atoms with Crippen LogP contribution < -0.4 is 4.90 Å². The molecule has 1 amide bonds. The minimum absolute atomic E-state index is 0.0637. The highest BCUT2D eigenvalue weighted by Gasteiger charge is 2.36. The molecule has 22 heavy (non-hydrogen) atoms. The quantitative estimate of drug-likeness (QED) is 0.800. The van der Waals surface area contributed by atoms with Gasteiger partial charge in [0.05, 0.1) is 24.0 Å². The molecule has 0 N–H and O–H groups in total. The zero-order chi connectivity index (χ0) is 16.5. The minimum atomic E-state index is -0.523. The van der Waals surface area contributed by atoms with Crippen molar-refractivity contribution in [2.45, 2.75) is 52.3 Å². The van der Waals surface area contributed by atoms with Crippen molar-refractivity contribution in [2.75, 3.05) is 18.0 Å². The van der Waals surface area contributed by atoms with E-state index in [-0.39, 0.29) is 24.0 Å². The summed E-state index contributed by atoms with van der Waals surface area (Å²) in [6, 6.07) is 1.54. The van der Waals surface area contributed by atoms with Crippen LogP contribution >= 0.6 is 0 Å². The fourth-order valence-corrected chi connectivity index (χ4v) is 2.82. The molecule has 0 bridgehead atoms. The molecule has 0 radical (unpaired) electrons. The maximum atomic E-state index is 13.9. The summed E-state index contributed by atoms with van der Waals surface area (Å²) in [7, 11) is 0. The average Bonchev–Trinajstić information content (AvgIpc) is 2.36. The van der Waals surface area contributed by atoms with Crippen LogP contribution in [0, 0.1) is 5.82 Å². The molecule has 2 atom stereocenters. The molecule has 0 spiro atoms. The van der Waals surface area contributed by atoms with Crippen LogP contribution in [-0.2, 0) is 4.74 Å². The lowest BCUT2D eigenvalue weighted by molar-refractivity contribution is 0.00563. The van der Waals surface area contributed by atoms with E-state index in [9.17, 15) is 9.18 Å². The molecule has 0 aliphatic carbocycles. The van der Waals surface area contributed by atoms with E-state index in [4.69, 9.17) is 4.74 Å². The Morgan fingerprint density at radius 3 is 2.41 bits per heavy atom. The fourth-order valence-electron chi connectivity index (χ4n) is 2.82. The Hall–Kier alpha value is -1.85. The van der Waals surface area contributed by atoms with Crippen LogP contribution in [0.4, 0.5) is 14.9 Å². The minimum Gasteiger partial charge on any atom is -0.444 e. The van der Waals surface area contributed by atoms with E-state index >= 15 is 0 Å². The second-order valence-corrected chi connectivity index (χ2v) is 6.82. The van der Waals surface area contributed by atoms with Gasteiger partial charge in [-0.2, -0.15) is 0 Å². The zero-order valence-corrected chi connectivity index (χ0v) is 13.8. The third-order valence-electron chi connectivity index (χ3n) is 3.62. The van der Waals surface area contributed by atoms with Gasteiger partial charge in [0, 0.05) is 19.3 Å². The number of piperazine rings is 1. The number of nitrogens with zero attached hydrogens (tertiary/aromatic N) is 3. The molecule has 0 unspecified atom stereocenters. The number of ether oxygens (including phenoxy) is 1. The average molecular weight is 309 g/mol. The Morgan fingerprint density at radius 2 is 1.91 bits per heavy atom. The van der Waals surface area contributed by atoms with Gasteiger partial charge < -0.3 is 9.64 Å². The van der Waals surface area contributed by atoms with E-state index in [0.717, 1.165) is 0 Å². The Labute approximate surface area is 131 Å². The lowest BCUT2D eigenvalue weighted by Crippen LogP contribution is -2.59. The summed E-state index contributed by atoms with van der Waals surface area (Å²) in [5.74, 6) is -0.340. The molecule has 2 rings (SSSR count). The molecule has 5 nitrogen and oxygen atoms in total. The summed E-state index contributed by atoms with van der Waals surface area (Å²) in [4.78, 5) is 19.8. The van der Waals surface area contributed by atoms with E-state index in [1.54, 1.807) is 17.2 Å². The van der Waals surface area contributed by atoms with Crippen molar-refractivity contribution in [1.82, 2.24) is 9.88 Å². The van der Waals surface area contributed by atoms with Crippen molar-refractivity contribution in [1.29, 1.82) is 0 Å². The van der Waals surface area contributed by atoms with Crippen molar-refractivity contribution in [3.63, 3.8) is 0 Å². The predicted octanol–water partition coefficient (Wildman–Crippen LogP) is 3.05. The van der Waals surface area contributed by atoms with Crippen LogP contribution in [0.2, 0.25) is 0 Å². The molecule has 1 saturated heterocycles. The number of anilines is 1. The number of aromatic nitrogens is 1. The van der Waals surface area contributed by atoms with Gasteiger partial charge in [0.25, 0.3) is 0 Å². The molecular formula is C16H24FN3O2. The normalized spacial score (nSPS) is 22.6. The first kappa shape index (κ1) is 16.5. The van der Waals surface area contributed by atoms with Crippen LogP contribution in [0.25, 0.3) is 0 Å². The van der Waals surface area contributed by atoms with Crippen molar-refractivity contribution in [3.8, 4) is 0 Å². The number of pyridine rings is 1. The maximum absolute atomic E-state index is 13.9. The van der Waals surface area contributed by atoms with Crippen LogP contribution in [0.1, 0.15) is 34.6 Å². The van der Waals surface area contributed by atoms with Gasteiger partial charge in [-0.3, -0.25) is 9.88 Å². The van der Waals surface area contributed by atoms with Crippen LogP contribution in [0.15, 0.2) is 18.5 Å². The summed E-state index contributed by atoms with van der Waals surface area (Å²) in [5, 5.41) is 0. The molecule has 1 aromatic heterocycles. The summed E-state index contributed by atoms with van der Waals surface area (Å²) in [6.45, 7) is 10.6. The lowest BCUT2D eigenvalue weighted by atomic mass is 10.1. The number of halogens is 1. The summed E-state index contributed by atoms with van der Waals surface area (Å²) < 4.78 is 19.4. The molecule has 2 heterocycles. The SMILES string of the molecule is C[C@@H]1CN(c2ccncc2F)C[C@@H](C)N1C(=O)OC(C)(C)C. The van der Waals surface area contributed by atoms with E-state index < -0.39 is 5.60 Å².